The predicted molar refractivity (Wildman–Crippen MR) is 65.9 cm³/mol. The summed E-state index contributed by atoms with van der Waals surface area (Å²) in [4.78, 5) is 0. The molecule has 0 bridgehead atoms. The van der Waals surface area contributed by atoms with Gasteiger partial charge >= 0.3 is 0 Å². The normalized spacial score (nSPS) is 10.4. The van der Waals surface area contributed by atoms with Gasteiger partial charge in [0.05, 0.1) is 0 Å². The van der Waals surface area contributed by atoms with Crippen molar-refractivity contribution in [3.05, 3.63) is 35.4 Å². The number of benzene rings is 1. The van der Waals surface area contributed by atoms with Gasteiger partial charge in [0.15, 0.2) is 0 Å². The molecule has 0 heterocycles. The predicted octanol–water partition coefficient (Wildman–Crippen LogP) is 4.57. The van der Waals surface area contributed by atoms with E-state index in [2.05, 4.69) is 52.0 Å². The average Bonchev–Trinajstić information content (AvgIpc) is 2.20. The van der Waals surface area contributed by atoms with E-state index < -0.39 is 0 Å². The Bertz CT molecular complexity index is 236. The number of aryl methyl sites for hydroxylation is 1. The van der Waals surface area contributed by atoms with Crippen LogP contribution in [0.3, 0.4) is 0 Å². The van der Waals surface area contributed by atoms with E-state index in [1.54, 1.807) is 0 Å². The van der Waals surface area contributed by atoms with Crippen LogP contribution in [0.2, 0.25) is 0 Å². The molecule has 0 radical (unpaired) electrons. The highest BCUT2D eigenvalue weighted by Crippen LogP contribution is 2.22. The molecule has 0 unspecified atom stereocenters. The molecule has 0 amide bonds. The second-order valence-electron chi connectivity index (χ2n) is 4.30. The van der Waals surface area contributed by atoms with Crippen LogP contribution in [0.1, 0.15) is 52.7 Å². The van der Waals surface area contributed by atoms with Crippen LogP contribution in [-0.4, -0.2) is 0 Å². The average molecular weight is 192 g/mol. The van der Waals surface area contributed by atoms with Crippen LogP contribution in [0.25, 0.3) is 0 Å². The van der Waals surface area contributed by atoms with Crippen molar-refractivity contribution in [1.29, 1.82) is 0 Å². The summed E-state index contributed by atoms with van der Waals surface area (Å²) in [5, 5.41) is 0. The van der Waals surface area contributed by atoms with Gasteiger partial charge in [-0.3, -0.25) is 0 Å². The van der Waals surface area contributed by atoms with Crippen molar-refractivity contribution in [3.8, 4) is 0 Å². The van der Waals surface area contributed by atoms with Gasteiger partial charge in [-0.25, -0.2) is 0 Å². The fraction of sp³-hybridized carbons (Fsp3) is 0.571. The molecule has 80 valence electrons. The van der Waals surface area contributed by atoms with Crippen molar-refractivity contribution >= 4 is 0 Å². The first-order chi connectivity index (χ1) is 6.54. The minimum Gasteiger partial charge on any atom is -0.0683 e. The Morgan fingerprint density at radius 3 is 1.64 bits per heavy atom. The summed E-state index contributed by atoms with van der Waals surface area (Å²) in [6.07, 6.45) is 1.13. The summed E-state index contributed by atoms with van der Waals surface area (Å²) >= 11 is 0. The molecule has 0 aliphatic heterocycles. The molecule has 0 fully saturated rings. The first-order valence-electron chi connectivity index (χ1n) is 5.63. The van der Waals surface area contributed by atoms with Crippen molar-refractivity contribution in [2.45, 2.75) is 53.4 Å². The van der Waals surface area contributed by atoms with Crippen molar-refractivity contribution in [1.82, 2.24) is 0 Å². The van der Waals surface area contributed by atoms with Crippen molar-refractivity contribution in [3.63, 3.8) is 0 Å². The van der Waals surface area contributed by atoms with Gasteiger partial charge in [-0.2, -0.15) is 0 Å². The molecule has 0 aromatic heterocycles. The van der Waals surface area contributed by atoms with E-state index in [4.69, 9.17) is 0 Å². The maximum atomic E-state index is 2.24. The van der Waals surface area contributed by atoms with E-state index in [-0.39, 0.29) is 5.41 Å². The molecule has 1 aromatic rings. The van der Waals surface area contributed by atoms with Gasteiger partial charge in [0.1, 0.15) is 0 Å². The Morgan fingerprint density at radius 2 is 1.36 bits per heavy atom. The standard InChI is InChI=1S/C12H18.C2H6/c1-5-10-6-8-11(9-7-10)12(2,3)4;1-2/h6-9H,5H2,1-4H3;1-2H3. The van der Waals surface area contributed by atoms with Crippen LogP contribution in [0.15, 0.2) is 24.3 Å². The zero-order chi connectivity index (χ0) is 11.2. The number of hydrogen-bond acceptors (Lipinski definition) is 0. The lowest BCUT2D eigenvalue weighted by Crippen LogP contribution is -2.10. The molecule has 0 spiro atoms. The Kier molecular flexibility index (Phi) is 5.52. The van der Waals surface area contributed by atoms with Gasteiger partial charge < -0.3 is 0 Å². The molecule has 14 heavy (non-hydrogen) atoms. The second-order valence-corrected chi connectivity index (χ2v) is 4.30. The van der Waals surface area contributed by atoms with Crippen molar-refractivity contribution < 1.29 is 0 Å². The minimum atomic E-state index is 0.284. The van der Waals surface area contributed by atoms with E-state index in [9.17, 15) is 0 Å². The zero-order valence-electron chi connectivity index (χ0n) is 10.5. The highest BCUT2D eigenvalue weighted by molar-refractivity contribution is 5.27. The Hall–Kier alpha value is -0.780. The molecular weight excluding hydrogens is 168 g/mol. The number of rotatable bonds is 1. The van der Waals surface area contributed by atoms with Crippen LogP contribution < -0.4 is 0 Å². The number of hydrogen-bond donors (Lipinski definition) is 0. The molecule has 0 saturated heterocycles. The van der Waals surface area contributed by atoms with Gasteiger partial charge in [-0.1, -0.05) is 65.8 Å². The zero-order valence-corrected chi connectivity index (χ0v) is 10.5. The smallest absolute Gasteiger partial charge is 0.0132 e. The summed E-state index contributed by atoms with van der Waals surface area (Å²) in [6.45, 7) is 12.9. The van der Waals surface area contributed by atoms with Gasteiger partial charge in [-0.05, 0) is 23.0 Å². The molecule has 0 atom stereocenters. The molecule has 0 heteroatoms. The van der Waals surface area contributed by atoms with Crippen molar-refractivity contribution in [2.75, 3.05) is 0 Å². The van der Waals surface area contributed by atoms with E-state index in [0.29, 0.717) is 0 Å². The van der Waals surface area contributed by atoms with Gasteiger partial charge in [0.25, 0.3) is 0 Å². The maximum absolute atomic E-state index is 2.24. The molecule has 0 aliphatic rings. The van der Waals surface area contributed by atoms with Gasteiger partial charge in [-0.15, -0.1) is 0 Å². The van der Waals surface area contributed by atoms with E-state index in [1.165, 1.54) is 11.1 Å². The first kappa shape index (κ1) is 13.2. The Labute approximate surface area is 89.4 Å². The highest BCUT2D eigenvalue weighted by atomic mass is 14.2. The van der Waals surface area contributed by atoms with Crippen LogP contribution in [0.4, 0.5) is 0 Å². The SMILES string of the molecule is CC.CCc1ccc(C(C)(C)C)cc1. The molecule has 0 saturated carbocycles. The molecule has 0 N–H and O–H groups in total. The third kappa shape index (κ3) is 3.95. The third-order valence-corrected chi connectivity index (χ3v) is 2.23. The lowest BCUT2D eigenvalue weighted by Gasteiger charge is -2.18. The van der Waals surface area contributed by atoms with Crippen LogP contribution in [0, 0.1) is 0 Å². The lowest BCUT2D eigenvalue weighted by molar-refractivity contribution is 0.590. The summed E-state index contributed by atoms with van der Waals surface area (Å²) < 4.78 is 0. The minimum absolute atomic E-state index is 0.284. The quantitative estimate of drug-likeness (QED) is 0.611. The monoisotopic (exact) mass is 192 g/mol. The lowest BCUT2D eigenvalue weighted by atomic mass is 9.86. The van der Waals surface area contributed by atoms with E-state index in [0.717, 1.165) is 6.42 Å². The van der Waals surface area contributed by atoms with Crippen LogP contribution >= 0.6 is 0 Å². The van der Waals surface area contributed by atoms with E-state index >= 15 is 0 Å². The molecule has 0 nitrogen and oxygen atoms in total. The molecule has 1 aromatic carbocycles. The Morgan fingerprint density at radius 1 is 0.929 bits per heavy atom. The summed E-state index contributed by atoms with van der Waals surface area (Å²) in [7, 11) is 0. The highest BCUT2D eigenvalue weighted by Gasteiger charge is 2.12. The van der Waals surface area contributed by atoms with Gasteiger partial charge in [0.2, 0.25) is 0 Å². The topological polar surface area (TPSA) is 0 Å². The summed E-state index contributed by atoms with van der Waals surface area (Å²) in [5.41, 5.74) is 3.12. The Balaban J connectivity index is 0.000000791. The molecule has 1 rings (SSSR count). The van der Waals surface area contributed by atoms with E-state index in [1.807, 2.05) is 13.8 Å². The van der Waals surface area contributed by atoms with Crippen LogP contribution in [0.5, 0.6) is 0 Å². The molecule has 0 aliphatic carbocycles. The largest absolute Gasteiger partial charge is 0.0683 e. The van der Waals surface area contributed by atoms with Crippen LogP contribution in [-0.2, 0) is 11.8 Å². The fourth-order valence-electron chi connectivity index (χ4n) is 1.24. The third-order valence-electron chi connectivity index (χ3n) is 2.23. The summed E-state index contributed by atoms with van der Waals surface area (Å²) in [6, 6.07) is 8.92. The molecular formula is C14H24. The first-order valence-corrected chi connectivity index (χ1v) is 5.63. The second kappa shape index (κ2) is 5.85. The van der Waals surface area contributed by atoms with Crippen molar-refractivity contribution in [2.24, 2.45) is 0 Å². The maximum Gasteiger partial charge on any atom is -0.0132 e. The van der Waals surface area contributed by atoms with Gasteiger partial charge in [0, 0.05) is 0 Å². The fourth-order valence-corrected chi connectivity index (χ4v) is 1.24. The summed E-state index contributed by atoms with van der Waals surface area (Å²) in [5.74, 6) is 0.